The molecule has 0 atom stereocenters. The molecule has 0 bridgehead atoms. The standard InChI is InChI=1S/C17H16ClFN2O2/c1-12(22)21(16-8-3-2-7-15(16)19)10-9-20-17(23)13-5-4-6-14(18)11-13/h2-8,11H,9-10H2,1H3,(H,20,23). The Balaban J connectivity index is 1.99. The highest BCUT2D eigenvalue weighted by Gasteiger charge is 2.15. The summed E-state index contributed by atoms with van der Waals surface area (Å²) in [5.41, 5.74) is 0.620. The topological polar surface area (TPSA) is 49.4 Å². The van der Waals surface area contributed by atoms with Gasteiger partial charge in [0.25, 0.3) is 5.91 Å². The highest BCUT2D eigenvalue weighted by Crippen LogP contribution is 2.18. The number of benzene rings is 2. The molecule has 23 heavy (non-hydrogen) atoms. The molecule has 0 unspecified atom stereocenters. The number of hydrogen-bond donors (Lipinski definition) is 1. The molecule has 2 rings (SSSR count). The van der Waals surface area contributed by atoms with Crippen molar-refractivity contribution in [3.8, 4) is 0 Å². The highest BCUT2D eigenvalue weighted by molar-refractivity contribution is 6.30. The molecule has 120 valence electrons. The molecule has 0 aliphatic rings. The van der Waals surface area contributed by atoms with Gasteiger partial charge in [-0.15, -0.1) is 0 Å². The Hall–Kier alpha value is -2.40. The van der Waals surface area contributed by atoms with Gasteiger partial charge < -0.3 is 10.2 Å². The Morgan fingerprint density at radius 2 is 1.91 bits per heavy atom. The van der Waals surface area contributed by atoms with Crippen LogP contribution in [0.1, 0.15) is 17.3 Å². The third-order valence-corrected chi connectivity index (χ3v) is 3.47. The summed E-state index contributed by atoms with van der Waals surface area (Å²) >= 11 is 5.84. The molecule has 0 heterocycles. The summed E-state index contributed by atoms with van der Waals surface area (Å²) in [5, 5.41) is 3.15. The van der Waals surface area contributed by atoms with E-state index in [1.165, 1.54) is 24.0 Å². The molecule has 0 spiro atoms. The van der Waals surface area contributed by atoms with Gasteiger partial charge in [0.05, 0.1) is 5.69 Å². The van der Waals surface area contributed by atoms with Crippen molar-refractivity contribution in [2.75, 3.05) is 18.0 Å². The lowest BCUT2D eigenvalue weighted by Crippen LogP contribution is -2.38. The van der Waals surface area contributed by atoms with Crippen molar-refractivity contribution >= 4 is 29.1 Å². The largest absolute Gasteiger partial charge is 0.350 e. The van der Waals surface area contributed by atoms with Crippen molar-refractivity contribution in [3.63, 3.8) is 0 Å². The van der Waals surface area contributed by atoms with Crippen LogP contribution in [0.5, 0.6) is 0 Å². The maximum absolute atomic E-state index is 13.8. The minimum absolute atomic E-state index is 0.169. The molecule has 4 nitrogen and oxygen atoms in total. The molecule has 2 amide bonds. The first kappa shape index (κ1) is 17.0. The van der Waals surface area contributed by atoms with Crippen molar-refractivity contribution in [2.24, 2.45) is 0 Å². The van der Waals surface area contributed by atoms with E-state index in [0.717, 1.165) is 0 Å². The van der Waals surface area contributed by atoms with Crippen molar-refractivity contribution in [3.05, 3.63) is 64.9 Å². The molecular weight excluding hydrogens is 319 g/mol. The van der Waals surface area contributed by atoms with Crippen LogP contribution in [0.25, 0.3) is 0 Å². The van der Waals surface area contributed by atoms with Gasteiger partial charge in [-0.2, -0.15) is 0 Å². The monoisotopic (exact) mass is 334 g/mol. The minimum atomic E-state index is -0.483. The Labute approximate surface area is 138 Å². The van der Waals surface area contributed by atoms with Crippen LogP contribution in [0.3, 0.4) is 0 Å². The second-order valence-corrected chi connectivity index (χ2v) is 5.32. The van der Waals surface area contributed by atoms with Crippen molar-refractivity contribution in [1.82, 2.24) is 5.32 Å². The Kier molecular flexibility index (Phi) is 5.71. The van der Waals surface area contributed by atoms with Crippen LogP contribution in [0.2, 0.25) is 5.02 Å². The second kappa shape index (κ2) is 7.74. The molecule has 6 heteroatoms. The highest BCUT2D eigenvalue weighted by atomic mass is 35.5. The smallest absolute Gasteiger partial charge is 0.251 e. The van der Waals surface area contributed by atoms with Crippen LogP contribution in [0.4, 0.5) is 10.1 Å². The van der Waals surface area contributed by atoms with Crippen LogP contribution in [0, 0.1) is 5.82 Å². The Morgan fingerprint density at radius 1 is 1.17 bits per heavy atom. The average Bonchev–Trinajstić information content (AvgIpc) is 2.52. The van der Waals surface area contributed by atoms with Gasteiger partial charge in [0.1, 0.15) is 5.82 Å². The maximum atomic E-state index is 13.8. The van der Waals surface area contributed by atoms with Crippen LogP contribution in [-0.2, 0) is 4.79 Å². The van der Waals surface area contributed by atoms with Crippen LogP contribution in [0.15, 0.2) is 48.5 Å². The molecule has 2 aromatic carbocycles. The predicted octanol–water partition coefficient (Wildman–Crippen LogP) is 3.26. The first-order chi connectivity index (χ1) is 11.0. The first-order valence-corrected chi connectivity index (χ1v) is 7.43. The van der Waals surface area contributed by atoms with Crippen LogP contribution >= 0.6 is 11.6 Å². The zero-order valence-corrected chi connectivity index (χ0v) is 13.3. The molecule has 0 aliphatic heterocycles. The molecular formula is C17H16ClFN2O2. The number of carbonyl (C=O) groups excluding carboxylic acids is 2. The van der Waals surface area contributed by atoms with E-state index in [9.17, 15) is 14.0 Å². The predicted molar refractivity (Wildman–Crippen MR) is 88.2 cm³/mol. The Morgan fingerprint density at radius 3 is 2.57 bits per heavy atom. The van der Waals surface area contributed by atoms with E-state index >= 15 is 0 Å². The molecule has 0 radical (unpaired) electrons. The molecule has 1 N–H and O–H groups in total. The molecule has 0 aromatic heterocycles. The number of hydrogen-bond acceptors (Lipinski definition) is 2. The van der Waals surface area contributed by atoms with E-state index in [1.54, 1.807) is 36.4 Å². The maximum Gasteiger partial charge on any atom is 0.251 e. The van der Waals surface area contributed by atoms with Crippen molar-refractivity contribution in [2.45, 2.75) is 6.92 Å². The number of para-hydroxylation sites is 1. The van der Waals surface area contributed by atoms with Gasteiger partial charge in [0.2, 0.25) is 5.91 Å². The van der Waals surface area contributed by atoms with E-state index in [1.807, 2.05) is 0 Å². The van der Waals surface area contributed by atoms with Gasteiger partial charge in [0.15, 0.2) is 0 Å². The third-order valence-electron chi connectivity index (χ3n) is 3.23. The first-order valence-electron chi connectivity index (χ1n) is 7.05. The normalized spacial score (nSPS) is 10.2. The van der Waals surface area contributed by atoms with E-state index in [4.69, 9.17) is 11.6 Å². The van der Waals surface area contributed by atoms with Gasteiger partial charge in [-0.1, -0.05) is 29.8 Å². The zero-order valence-electron chi connectivity index (χ0n) is 12.6. The van der Waals surface area contributed by atoms with E-state index in [0.29, 0.717) is 10.6 Å². The average molecular weight is 335 g/mol. The molecule has 2 aromatic rings. The number of nitrogens with zero attached hydrogens (tertiary/aromatic N) is 1. The number of carbonyl (C=O) groups is 2. The molecule has 0 saturated carbocycles. The van der Waals surface area contributed by atoms with Gasteiger partial charge in [0, 0.05) is 30.6 Å². The van der Waals surface area contributed by atoms with Crippen LogP contribution in [-0.4, -0.2) is 24.9 Å². The lowest BCUT2D eigenvalue weighted by Gasteiger charge is -2.21. The minimum Gasteiger partial charge on any atom is -0.350 e. The fourth-order valence-electron chi connectivity index (χ4n) is 2.13. The van der Waals surface area contributed by atoms with Crippen LogP contribution < -0.4 is 10.2 Å². The quantitative estimate of drug-likeness (QED) is 0.912. The number of nitrogens with one attached hydrogen (secondary N) is 1. The summed E-state index contributed by atoms with van der Waals surface area (Å²) in [6.45, 7) is 1.72. The summed E-state index contributed by atoms with van der Waals surface area (Å²) < 4.78 is 13.8. The molecule has 0 saturated heterocycles. The van der Waals surface area contributed by atoms with E-state index in [2.05, 4.69) is 5.32 Å². The summed E-state index contributed by atoms with van der Waals surface area (Å²) in [6.07, 6.45) is 0. The molecule has 0 fully saturated rings. The fourth-order valence-corrected chi connectivity index (χ4v) is 2.32. The fraction of sp³-hybridized carbons (Fsp3) is 0.176. The molecule has 0 aliphatic carbocycles. The lowest BCUT2D eigenvalue weighted by atomic mass is 10.2. The summed E-state index contributed by atoms with van der Waals surface area (Å²) in [5.74, 6) is -1.08. The van der Waals surface area contributed by atoms with E-state index in [-0.39, 0.29) is 30.6 Å². The zero-order chi connectivity index (χ0) is 16.8. The number of rotatable bonds is 5. The van der Waals surface area contributed by atoms with Gasteiger partial charge in [-0.25, -0.2) is 4.39 Å². The summed E-state index contributed by atoms with van der Waals surface area (Å²) in [4.78, 5) is 25.0. The number of halogens is 2. The van der Waals surface area contributed by atoms with Gasteiger partial charge in [-0.05, 0) is 30.3 Å². The third kappa shape index (κ3) is 4.53. The Bertz CT molecular complexity index is 721. The number of amides is 2. The SMILES string of the molecule is CC(=O)N(CCNC(=O)c1cccc(Cl)c1)c1ccccc1F. The lowest BCUT2D eigenvalue weighted by molar-refractivity contribution is -0.116. The van der Waals surface area contributed by atoms with Crippen molar-refractivity contribution < 1.29 is 14.0 Å². The van der Waals surface area contributed by atoms with Gasteiger partial charge in [-0.3, -0.25) is 9.59 Å². The summed E-state index contributed by atoms with van der Waals surface area (Å²) in [7, 11) is 0. The number of anilines is 1. The summed E-state index contributed by atoms with van der Waals surface area (Å²) in [6, 6.07) is 12.6. The van der Waals surface area contributed by atoms with E-state index < -0.39 is 5.82 Å². The van der Waals surface area contributed by atoms with Crippen molar-refractivity contribution in [1.29, 1.82) is 0 Å². The van der Waals surface area contributed by atoms with Gasteiger partial charge >= 0.3 is 0 Å². The second-order valence-electron chi connectivity index (χ2n) is 4.89.